The van der Waals surface area contributed by atoms with Gasteiger partial charge in [-0.3, -0.25) is 9.36 Å². The molecule has 7 heteroatoms. The second kappa shape index (κ2) is 10.1. The zero-order valence-electron chi connectivity index (χ0n) is 17.0. The van der Waals surface area contributed by atoms with Gasteiger partial charge < -0.3 is 10.1 Å². The number of hydrogen-bond acceptors (Lipinski definition) is 5. The summed E-state index contributed by atoms with van der Waals surface area (Å²) in [6, 6.07) is 16.0. The third-order valence-electron chi connectivity index (χ3n) is 4.39. The smallest absolute Gasteiger partial charge is 0.230 e. The van der Waals surface area contributed by atoms with Crippen LogP contribution in [0, 0.1) is 20.8 Å². The number of carbonyl (C=O) groups excluding carboxylic acids is 1. The third kappa shape index (κ3) is 5.84. The third-order valence-corrected chi connectivity index (χ3v) is 5.32. The zero-order chi connectivity index (χ0) is 20.6. The molecular formula is C22H26N4O2S. The van der Waals surface area contributed by atoms with Crippen molar-refractivity contribution in [2.45, 2.75) is 32.3 Å². The molecule has 0 saturated heterocycles. The highest BCUT2D eigenvalue weighted by Crippen LogP contribution is 2.24. The maximum Gasteiger partial charge on any atom is 0.230 e. The Balaban J connectivity index is 1.48. The molecule has 0 spiro atoms. The van der Waals surface area contributed by atoms with E-state index in [1.807, 2.05) is 41.8 Å². The normalized spacial score (nSPS) is 10.7. The highest BCUT2D eigenvalue weighted by molar-refractivity contribution is 7.99. The molecule has 0 radical (unpaired) electrons. The van der Waals surface area contributed by atoms with Gasteiger partial charge in [-0.2, -0.15) is 0 Å². The van der Waals surface area contributed by atoms with Crippen LogP contribution in [0.1, 0.15) is 23.4 Å². The van der Waals surface area contributed by atoms with Gasteiger partial charge in [0.05, 0.1) is 18.0 Å². The molecule has 3 rings (SSSR count). The molecule has 6 nitrogen and oxygen atoms in total. The fourth-order valence-corrected chi connectivity index (χ4v) is 3.68. The van der Waals surface area contributed by atoms with Crippen molar-refractivity contribution in [3.05, 3.63) is 65.5 Å². The lowest BCUT2D eigenvalue weighted by atomic mass is 10.1. The van der Waals surface area contributed by atoms with Crippen molar-refractivity contribution in [1.29, 1.82) is 0 Å². The number of amides is 1. The van der Waals surface area contributed by atoms with E-state index in [9.17, 15) is 4.79 Å². The molecule has 0 atom stereocenters. The van der Waals surface area contributed by atoms with Crippen molar-refractivity contribution < 1.29 is 9.53 Å². The number of benzene rings is 2. The van der Waals surface area contributed by atoms with Gasteiger partial charge in [-0.25, -0.2) is 0 Å². The Hall–Kier alpha value is -2.80. The summed E-state index contributed by atoms with van der Waals surface area (Å²) in [6.07, 6.45) is 0.753. The lowest BCUT2D eigenvalue weighted by molar-refractivity contribution is -0.118. The Labute approximate surface area is 175 Å². The monoisotopic (exact) mass is 410 g/mol. The van der Waals surface area contributed by atoms with Crippen LogP contribution in [-0.2, 0) is 4.79 Å². The van der Waals surface area contributed by atoms with Gasteiger partial charge in [0, 0.05) is 6.54 Å². The van der Waals surface area contributed by atoms with E-state index in [-0.39, 0.29) is 5.91 Å². The molecule has 0 fully saturated rings. The quantitative estimate of drug-likeness (QED) is 0.428. The number of para-hydroxylation sites is 1. The first kappa shape index (κ1) is 20.9. The minimum atomic E-state index is -0.0251. The van der Waals surface area contributed by atoms with E-state index < -0.39 is 0 Å². The molecule has 0 bridgehead atoms. The van der Waals surface area contributed by atoms with E-state index >= 15 is 0 Å². The van der Waals surface area contributed by atoms with Crippen LogP contribution >= 0.6 is 11.8 Å². The van der Waals surface area contributed by atoms with E-state index in [2.05, 4.69) is 47.6 Å². The van der Waals surface area contributed by atoms with Crippen LogP contribution in [0.5, 0.6) is 5.75 Å². The molecule has 0 saturated carbocycles. The first-order chi connectivity index (χ1) is 14.0. The Bertz CT molecular complexity index is 957. The van der Waals surface area contributed by atoms with Crippen LogP contribution in [0.3, 0.4) is 0 Å². The molecule has 3 aromatic rings. The summed E-state index contributed by atoms with van der Waals surface area (Å²) < 4.78 is 7.64. The second-order valence-electron chi connectivity index (χ2n) is 6.81. The van der Waals surface area contributed by atoms with Crippen molar-refractivity contribution in [3.8, 4) is 11.4 Å². The van der Waals surface area contributed by atoms with Gasteiger partial charge in [-0.15, -0.1) is 10.2 Å². The predicted molar refractivity (Wildman–Crippen MR) is 116 cm³/mol. The summed E-state index contributed by atoms with van der Waals surface area (Å²) in [5.41, 5.74) is 3.36. The van der Waals surface area contributed by atoms with E-state index in [1.165, 1.54) is 17.3 Å². The van der Waals surface area contributed by atoms with Crippen LogP contribution in [0.25, 0.3) is 5.69 Å². The Kier molecular flexibility index (Phi) is 7.30. The molecule has 0 aliphatic rings. The number of nitrogens with zero attached hydrogens (tertiary/aromatic N) is 3. The topological polar surface area (TPSA) is 69.0 Å². The van der Waals surface area contributed by atoms with Crippen molar-refractivity contribution >= 4 is 17.7 Å². The fraction of sp³-hybridized carbons (Fsp3) is 0.318. The lowest BCUT2D eigenvalue weighted by Gasteiger charge is -2.12. The number of hydrogen-bond donors (Lipinski definition) is 1. The molecule has 0 unspecified atom stereocenters. The molecular weight excluding hydrogens is 384 g/mol. The number of aryl methyl sites for hydroxylation is 3. The first-order valence-electron chi connectivity index (χ1n) is 9.61. The molecule has 152 valence electrons. The van der Waals surface area contributed by atoms with Crippen LogP contribution in [0.15, 0.2) is 53.7 Å². The number of aromatic nitrogens is 3. The number of rotatable bonds is 9. The summed E-state index contributed by atoms with van der Waals surface area (Å²) >= 11 is 1.39. The van der Waals surface area contributed by atoms with E-state index in [0.717, 1.165) is 34.4 Å². The standard InChI is InChI=1S/C22H26N4O2S/c1-16-10-11-17(2)20(14-16)26-18(3)24-25-22(26)29-15-21(27)23-12-7-13-28-19-8-5-4-6-9-19/h4-6,8-11,14H,7,12-13,15H2,1-3H3,(H,23,27). The van der Waals surface area contributed by atoms with Crippen LogP contribution in [-0.4, -0.2) is 39.6 Å². The van der Waals surface area contributed by atoms with Crippen molar-refractivity contribution in [3.63, 3.8) is 0 Å². The fourth-order valence-electron chi connectivity index (χ4n) is 2.86. The number of carbonyl (C=O) groups is 1. The molecule has 1 aromatic heterocycles. The lowest BCUT2D eigenvalue weighted by Crippen LogP contribution is -2.27. The molecule has 1 amide bonds. The zero-order valence-corrected chi connectivity index (χ0v) is 17.8. The largest absolute Gasteiger partial charge is 0.494 e. The number of ether oxygens (including phenoxy) is 1. The maximum absolute atomic E-state index is 12.2. The minimum Gasteiger partial charge on any atom is -0.494 e. The summed E-state index contributed by atoms with van der Waals surface area (Å²) in [5.74, 6) is 1.92. The first-order valence-corrected chi connectivity index (χ1v) is 10.6. The SMILES string of the molecule is Cc1ccc(C)c(-n2c(C)nnc2SCC(=O)NCCCOc2ccccc2)c1. The summed E-state index contributed by atoms with van der Waals surface area (Å²) in [5, 5.41) is 12.1. The van der Waals surface area contributed by atoms with Crippen molar-refractivity contribution in [2.24, 2.45) is 0 Å². The average molecular weight is 411 g/mol. The highest BCUT2D eigenvalue weighted by atomic mass is 32.2. The minimum absolute atomic E-state index is 0.0251. The average Bonchev–Trinajstić information content (AvgIpc) is 3.09. The van der Waals surface area contributed by atoms with Crippen LogP contribution in [0.4, 0.5) is 0 Å². The summed E-state index contributed by atoms with van der Waals surface area (Å²) in [7, 11) is 0. The van der Waals surface area contributed by atoms with Gasteiger partial charge in [-0.05, 0) is 56.5 Å². The van der Waals surface area contributed by atoms with Gasteiger partial charge in [0.15, 0.2) is 5.16 Å². The maximum atomic E-state index is 12.2. The van der Waals surface area contributed by atoms with Crippen molar-refractivity contribution in [2.75, 3.05) is 18.9 Å². The van der Waals surface area contributed by atoms with E-state index in [4.69, 9.17) is 4.74 Å². The van der Waals surface area contributed by atoms with Crippen LogP contribution in [0.2, 0.25) is 0 Å². The molecule has 29 heavy (non-hydrogen) atoms. The van der Waals surface area contributed by atoms with Crippen LogP contribution < -0.4 is 10.1 Å². The highest BCUT2D eigenvalue weighted by Gasteiger charge is 2.15. The van der Waals surface area contributed by atoms with Gasteiger partial charge in [0.1, 0.15) is 11.6 Å². The molecule has 1 N–H and O–H groups in total. The number of nitrogens with one attached hydrogen (secondary N) is 1. The number of thioether (sulfide) groups is 1. The van der Waals surface area contributed by atoms with E-state index in [0.29, 0.717) is 18.9 Å². The second-order valence-corrected chi connectivity index (χ2v) is 7.75. The Morgan fingerprint density at radius 2 is 1.90 bits per heavy atom. The Morgan fingerprint density at radius 3 is 2.69 bits per heavy atom. The predicted octanol–water partition coefficient (Wildman–Crippen LogP) is 3.87. The summed E-state index contributed by atoms with van der Waals surface area (Å²) in [4.78, 5) is 12.2. The summed E-state index contributed by atoms with van der Waals surface area (Å²) in [6.45, 7) is 7.19. The van der Waals surface area contributed by atoms with Gasteiger partial charge >= 0.3 is 0 Å². The Morgan fingerprint density at radius 1 is 1.10 bits per heavy atom. The van der Waals surface area contributed by atoms with Crippen molar-refractivity contribution in [1.82, 2.24) is 20.1 Å². The van der Waals surface area contributed by atoms with Gasteiger partial charge in [0.2, 0.25) is 5.91 Å². The van der Waals surface area contributed by atoms with E-state index in [1.54, 1.807) is 0 Å². The molecule has 1 heterocycles. The molecule has 0 aliphatic heterocycles. The molecule has 0 aliphatic carbocycles. The van der Waals surface area contributed by atoms with Gasteiger partial charge in [-0.1, -0.05) is 42.1 Å². The van der Waals surface area contributed by atoms with Gasteiger partial charge in [0.25, 0.3) is 0 Å². The molecule has 2 aromatic carbocycles.